The molecule has 0 spiro atoms. The molecular formula is C23H32N3O3S+. The number of quaternary nitrogens is 1. The summed E-state index contributed by atoms with van der Waals surface area (Å²) in [7, 11) is -3.54. The molecule has 0 aliphatic carbocycles. The number of hydrogen-bond acceptors (Lipinski definition) is 3. The van der Waals surface area contributed by atoms with E-state index in [0.717, 1.165) is 23.9 Å². The first-order chi connectivity index (χ1) is 14.5. The third-order valence-electron chi connectivity index (χ3n) is 6.79. The molecule has 4 rings (SSSR count). The van der Waals surface area contributed by atoms with Gasteiger partial charge in [-0.05, 0) is 42.7 Å². The number of likely N-dealkylation sites (tertiary alicyclic amines) is 1. The second-order valence-electron chi connectivity index (χ2n) is 8.53. The fraction of sp³-hybridized carbons (Fsp3) is 0.522. The summed E-state index contributed by atoms with van der Waals surface area (Å²) in [5.41, 5.74) is 0. The van der Waals surface area contributed by atoms with E-state index in [9.17, 15) is 13.2 Å². The summed E-state index contributed by atoms with van der Waals surface area (Å²) in [5.74, 6) is -0.0142. The molecule has 2 aliphatic heterocycles. The van der Waals surface area contributed by atoms with Crippen molar-refractivity contribution in [2.45, 2.75) is 43.5 Å². The summed E-state index contributed by atoms with van der Waals surface area (Å²) in [4.78, 5) is 14.5. The number of sulfonamides is 1. The minimum atomic E-state index is -3.54. The summed E-state index contributed by atoms with van der Waals surface area (Å²) in [6, 6.07) is 13.6. The molecule has 2 aliphatic rings. The van der Waals surface area contributed by atoms with Gasteiger partial charge in [-0.1, -0.05) is 30.3 Å². The molecule has 2 aromatic rings. The number of nitrogens with one attached hydrogen (secondary N) is 2. The smallest absolute Gasteiger partial charge is 0.243 e. The van der Waals surface area contributed by atoms with Gasteiger partial charge in [0.2, 0.25) is 15.9 Å². The molecule has 7 heteroatoms. The van der Waals surface area contributed by atoms with E-state index in [0.29, 0.717) is 36.9 Å². The second kappa shape index (κ2) is 9.04. The summed E-state index contributed by atoms with van der Waals surface area (Å²) in [5, 5.41) is 5.08. The van der Waals surface area contributed by atoms with Crippen molar-refractivity contribution in [3.05, 3.63) is 42.5 Å². The first-order valence-corrected chi connectivity index (χ1v) is 12.5. The van der Waals surface area contributed by atoms with Gasteiger partial charge in [0.05, 0.1) is 24.5 Å². The Hall–Kier alpha value is -1.96. The molecule has 2 fully saturated rings. The Morgan fingerprint density at radius 1 is 1.10 bits per heavy atom. The molecule has 162 valence electrons. The van der Waals surface area contributed by atoms with Crippen molar-refractivity contribution in [1.82, 2.24) is 9.62 Å². The molecule has 0 radical (unpaired) electrons. The van der Waals surface area contributed by atoms with E-state index < -0.39 is 10.0 Å². The minimum absolute atomic E-state index is 0.0834. The van der Waals surface area contributed by atoms with Crippen LogP contribution in [0.15, 0.2) is 47.4 Å². The van der Waals surface area contributed by atoms with E-state index in [1.54, 1.807) is 17.0 Å². The predicted octanol–water partition coefficient (Wildman–Crippen LogP) is 1.42. The van der Waals surface area contributed by atoms with Crippen molar-refractivity contribution in [1.29, 1.82) is 0 Å². The monoisotopic (exact) mass is 430 g/mol. The zero-order valence-corrected chi connectivity index (χ0v) is 18.5. The molecule has 30 heavy (non-hydrogen) atoms. The molecule has 1 unspecified atom stereocenters. The molecule has 2 atom stereocenters. The van der Waals surface area contributed by atoms with E-state index in [2.05, 4.69) is 12.2 Å². The van der Waals surface area contributed by atoms with Crippen LogP contribution in [0, 0.1) is 5.92 Å². The SMILES string of the molecule is CC[NH+]1CCC[C@H]1CNC(=O)C1CCN(S(=O)(=O)c2ccc3ccccc3c2)CC1. The Labute approximate surface area is 179 Å². The summed E-state index contributed by atoms with van der Waals surface area (Å²) >= 11 is 0. The third kappa shape index (κ3) is 4.38. The standard InChI is InChI=1S/C23H31N3O3S/c1-2-25-13-5-8-21(25)17-24-23(27)19-11-14-26(15-12-19)30(28,29)22-10-9-18-6-3-4-7-20(18)16-22/h3-4,6-7,9-10,16,19,21H,2,5,8,11-15,17H2,1H3,(H,24,27)/p+1/t21-/m0/s1. The van der Waals surface area contributed by atoms with Gasteiger partial charge in [-0.3, -0.25) is 4.79 Å². The van der Waals surface area contributed by atoms with Crippen LogP contribution in [0.4, 0.5) is 0 Å². The number of amides is 1. The van der Waals surface area contributed by atoms with Crippen molar-refractivity contribution in [2.75, 3.05) is 32.7 Å². The highest BCUT2D eigenvalue weighted by molar-refractivity contribution is 7.89. The average molecular weight is 431 g/mol. The first kappa shape index (κ1) is 21.3. The molecule has 2 N–H and O–H groups in total. The number of fused-ring (bicyclic) bond motifs is 1. The van der Waals surface area contributed by atoms with E-state index >= 15 is 0 Å². The summed E-state index contributed by atoms with van der Waals surface area (Å²) in [6.07, 6.45) is 3.56. The number of benzene rings is 2. The Morgan fingerprint density at radius 3 is 2.57 bits per heavy atom. The van der Waals surface area contributed by atoms with Crippen molar-refractivity contribution in [2.24, 2.45) is 5.92 Å². The van der Waals surface area contributed by atoms with Crippen LogP contribution in [0.25, 0.3) is 10.8 Å². The van der Waals surface area contributed by atoms with Crippen molar-refractivity contribution in [3.63, 3.8) is 0 Å². The molecule has 6 nitrogen and oxygen atoms in total. The van der Waals surface area contributed by atoms with E-state index in [-0.39, 0.29) is 11.8 Å². The molecule has 1 amide bonds. The Morgan fingerprint density at radius 2 is 1.83 bits per heavy atom. The molecular weight excluding hydrogens is 398 g/mol. The quantitative estimate of drug-likeness (QED) is 0.728. The third-order valence-corrected chi connectivity index (χ3v) is 8.68. The maximum absolute atomic E-state index is 13.1. The van der Waals surface area contributed by atoms with Gasteiger partial charge in [-0.15, -0.1) is 0 Å². The lowest BCUT2D eigenvalue weighted by atomic mass is 9.97. The fourth-order valence-corrected chi connectivity index (χ4v) is 6.40. The Bertz CT molecular complexity index is 1000. The Balaban J connectivity index is 1.34. The number of carbonyl (C=O) groups is 1. The van der Waals surface area contributed by atoms with Gasteiger partial charge in [0, 0.05) is 31.8 Å². The number of rotatable bonds is 6. The molecule has 2 saturated heterocycles. The normalized spacial score (nSPS) is 23.6. The second-order valence-corrected chi connectivity index (χ2v) is 10.5. The van der Waals surface area contributed by atoms with Gasteiger partial charge in [-0.2, -0.15) is 4.31 Å². The maximum Gasteiger partial charge on any atom is 0.243 e. The highest BCUT2D eigenvalue weighted by Gasteiger charge is 2.33. The lowest BCUT2D eigenvalue weighted by Crippen LogP contribution is -3.14. The van der Waals surface area contributed by atoms with Crippen LogP contribution in [0.2, 0.25) is 0 Å². The fourth-order valence-electron chi connectivity index (χ4n) is 4.90. The van der Waals surface area contributed by atoms with Crippen LogP contribution in [0.5, 0.6) is 0 Å². The van der Waals surface area contributed by atoms with Crippen LogP contribution in [-0.4, -0.2) is 57.4 Å². The molecule has 2 aromatic carbocycles. The van der Waals surface area contributed by atoms with Gasteiger partial charge < -0.3 is 10.2 Å². The number of likely N-dealkylation sites (N-methyl/N-ethyl adjacent to an activating group) is 1. The molecule has 0 aromatic heterocycles. The van der Waals surface area contributed by atoms with Crippen molar-refractivity contribution in [3.8, 4) is 0 Å². The van der Waals surface area contributed by atoms with Crippen molar-refractivity contribution < 1.29 is 18.1 Å². The summed E-state index contributed by atoms with van der Waals surface area (Å²) < 4.78 is 27.7. The highest BCUT2D eigenvalue weighted by atomic mass is 32.2. The minimum Gasteiger partial charge on any atom is -0.350 e. The number of piperidine rings is 1. The maximum atomic E-state index is 13.1. The highest BCUT2D eigenvalue weighted by Crippen LogP contribution is 2.26. The zero-order valence-electron chi connectivity index (χ0n) is 17.6. The van der Waals surface area contributed by atoms with E-state index in [1.807, 2.05) is 30.3 Å². The van der Waals surface area contributed by atoms with Crippen LogP contribution in [-0.2, 0) is 14.8 Å². The molecule has 2 heterocycles. The topological polar surface area (TPSA) is 70.9 Å². The van der Waals surface area contributed by atoms with Crippen LogP contribution in [0.1, 0.15) is 32.6 Å². The van der Waals surface area contributed by atoms with Gasteiger partial charge in [0.15, 0.2) is 0 Å². The largest absolute Gasteiger partial charge is 0.350 e. The Kier molecular flexibility index (Phi) is 6.41. The van der Waals surface area contributed by atoms with Gasteiger partial charge >= 0.3 is 0 Å². The van der Waals surface area contributed by atoms with Crippen LogP contribution in [0.3, 0.4) is 0 Å². The number of nitrogens with zero attached hydrogens (tertiary/aromatic N) is 1. The zero-order chi connectivity index (χ0) is 21.1. The van der Waals surface area contributed by atoms with Crippen LogP contribution < -0.4 is 10.2 Å². The van der Waals surface area contributed by atoms with Gasteiger partial charge in [-0.25, -0.2) is 8.42 Å². The summed E-state index contributed by atoms with van der Waals surface area (Å²) in [6.45, 7) is 6.01. The lowest BCUT2D eigenvalue weighted by Gasteiger charge is -2.31. The molecule has 0 bridgehead atoms. The molecule has 0 saturated carbocycles. The van der Waals surface area contributed by atoms with Gasteiger partial charge in [0.25, 0.3) is 0 Å². The van der Waals surface area contributed by atoms with E-state index in [4.69, 9.17) is 0 Å². The van der Waals surface area contributed by atoms with Gasteiger partial charge in [0.1, 0.15) is 6.04 Å². The number of hydrogen-bond donors (Lipinski definition) is 2. The first-order valence-electron chi connectivity index (χ1n) is 11.1. The predicted molar refractivity (Wildman–Crippen MR) is 118 cm³/mol. The lowest BCUT2D eigenvalue weighted by molar-refractivity contribution is -0.909. The van der Waals surface area contributed by atoms with Crippen LogP contribution >= 0.6 is 0 Å². The van der Waals surface area contributed by atoms with E-state index in [1.165, 1.54) is 23.7 Å². The van der Waals surface area contributed by atoms with Crippen molar-refractivity contribution >= 4 is 26.7 Å². The average Bonchev–Trinajstić information content (AvgIpc) is 3.25. The number of carbonyl (C=O) groups excluding carboxylic acids is 1.